The van der Waals surface area contributed by atoms with E-state index in [2.05, 4.69) is 58.9 Å². The Kier molecular flexibility index (Phi) is 4.28. The average Bonchev–Trinajstić information content (AvgIpc) is 2.76. The zero-order chi connectivity index (χ0) is 16.7. The number of aromatic nitrogens is 2. The Labute approximate surface area is 134 Å². The number of carbonyl (C=O) groups excluding carboxylic acids is 1. The number of rotatable bonds is 4. The Hall–Kier alpha value is -1.52. The van der Waals surface area contributed by atoms with E-state index < -0.39 is 0 Å². The summed E-state index contributed by atoms with van der Waals surface area (Å²) in [4.78, 5) is 14.5. The van der Waals surface area contributed by atoms with Crippen molar-refractivity contribution in [1.82, 2.24) is 14.7 Å². The van der Waals surface area contributed by atoms with Crippen molar-refractivity contribution in [2.75, 3.05) is 11.9 Å². The molecule has 0 spiro atoms. The molecule has 1 fully saturated rings. The molecule has 0 unspecified atom stereocenters. The lowest BCUT2D eigenvalue weighted by Gasteiger charge is -2.60. The van der Waals surface area contributed by atoms with Gasteiger partial charge in [0.2, 0.25) is 0 Å². The van der Waals surface area contributed by atoms with E-state index in [1.165, 1.54) is 0 Å². The molecule has 0 radical (unpaired) electrons. The summed E-state index contributed by atoms with van der Waals surface area (Å²) >= 11 is 0. The highest BCUT2D eigenvalue weighted by atomic mass is 16.2. The first-order valence-corrected chi connectivity index (χ1v) is 8.23. The fraction of sp³-hybridized carbons (Fsp3) is 0.765. The third-order valence-corrected chi connectivity index (χ3v) is 5.19. The maximum atomic E-state index is 12.6. The number of amides is 2. The van der Waals surface area contributed by atoms with Gasteiger partial charge in [-0.25, -0.2) is 4.79 Å². The first kappa shape index (κ1) is 16.8. The van der Waals surface area contributed by atoms with Gasteiger partial charge in [-0.05, 0) is 26.2 Å². The van der Waals surface area contributed by atoms with Crippen LogP contribution in [0.3, 0.4) is 0 Å². The van der Waals surface area contributed by atoms with Gasteiger partial charge in [0.1, 0.15) is 0 Å². The van der Waals surface area contributed by atoms with Crippen molar-refractivity contribution < 1.29 is 4.79 Å². The standard InChI is InChI=1S/C17H30N4O/c1-8-14-13(9-18-21(14)10-12(2)3)19-15(22)20-11-16(4,5)17(20,6)7/h9,12H,8,10-11H2,1-7H3,(H,19,22). The molecule has 1 aromatic heterocycles. The van der Waals surface area contributed by atoms with Gasteiger partial charge >= 0.3 is 6.03 Å². The van der Waals surface area contributed by atoms with Crippen molar-refractivity contribution in [1.29, 1.82) is 0 Å². The largest absolute Gasteiger partial charge is 0.322 e. The summed E-state index contributed by atoms with van der Waals surface area (Å²) in [5.41, 5.74) is 1.96. The van der Waals surface area contributed by atoms with Crippen molar-refractivity contribution >= 4 is 11.7 Å². The monoisotopic (exact) mass is 306 g/mol. The van der Waals surface area contributed by atoms with Crippen LogP contribution in [0.15, 0.2) is 6.20 Å². The first-order valence-electron chi connectivity index (χ1n) is 8.23. The summed E-state index contributed by atoms with van der Waals surface area (Å²) in [6, 6.07) is -0.0249. The maximum Gasteiger partial charge on any atom is 0.322 e. The number of anilines is 1. The van der Waals surface area contributed by atoms with Crippen LogP contribution in [0, 0.1) is 11.3 Å². The molecular formula is C17H30N4O. The van der Waals surface area contributed by atoms with E-state index >= 15 is 0 Å². The molecule has 0 saturated carbocycles. The Balaban J connectivity index is 2.12. The predicted octanol–water partition coefficient (Wildman–Crippen LogP) is 3.75. The van der Waals surface area contributed by atoms with Crippen molar-refractivity contribution in [3.63, 3.8) is 0 Å². The van der Waals surface area contributed by atoms with Crippen molar-refractivity contribution in [2.45, 2.75) is 67.0 Å². The minimum Gasteiger partial charge on any atom is -0.318 e. The lowest BCUT2D eigenvalue weighted by atomic mass is 9.65. The lowest BCUT2D eigenvalue weighted by molar-refractivity contribution is -0.0770. The molecule has 1 saturated heterocycles. The Bertz CT molecular complexity index is 557. The number of hydrogen-bond donors (Lipinski definition) is 1. The highest BCUT2D eigenvalue weighted by Crippen LogP contribution is 2.46. The molecule has 0 aliphatic carbocycles. The van der Waals surface area contributed by atoms with Gasteiger partial charge in [-0.15, -0.1) is 0 Å². The van der Waals surface area contributed by atoms with Crippen LogP contribution < -0.4 is 5.32 Å². The quantitative estimate of drug-likeness (QED) is 0.921. The van der Waals surface area contributed by atoms with Crippen LogP contribution in [0.2, 0.25) is 0 Å². The van der Waals surface area contributed by atoms with Gasteiger partial charge in [0.25, 0.3) is 0 Å². The van der Waals surface area contributed by atoms with E-state index in [1.807, 2.05) is 9.58 Å². The zero-order valence-electron chi connectivity index (χ0n) is 15.0. The van der Waals surface area contributed by atoms with Gasteiger partial charge in [0, 0.05) is 24.0 Å². The first-order chi connectivity index (χ1) is 10.1. The van der Waals surface area contributed by atoms with Crippen LogP contribution >= 0.6 is 0 Å². The highest BCUT2D eigenvalue weighted by molar-refractivity contribution is 5.91. The van der Waals surface area contributed by atoms with E-state index in [0.29, 0.717) is 5.92 Å². The van der Waals surface area contributed by atoms with E-state index in [4.69, 9.17) is 0 Å². The molecule has 0 aromatic carbocycles. The summed E-state index contributed by atoms with van der Waals surface area (Å²) in [6.07, 6.45) is 2.63. The fourth-order valence-corrected chi connectivity index (χ4v) is 2.96. The third-order valence-electron chi connectivity index (χ3n) is 5.19. The summed E-state index contributed by atoms with van der Waals surface area (Å²) in [5, 5.41) is 7.49. The molecule has 0 atom stereocenters. The van der Waals surface area contributed by atoms with E-state index in [0.717, 1.165) is 30.9 Å². The van der Waals surface area contributed by atoms with Crippen LogP contribution in [0.4, 0.5) is 10.5 Å². The Morgan fingerprint density at radius 3 is 2.45 bits per heavy atom. The summed E-state index contributed by atoms with van der Waals surface area (Å²) in [7, 11) is 0. The Morgan fingerprint density at radius 1 is 1.36 bits per heavy atom. The van der Waals surface area contributed by atoms with E-state index in [1.54, 1.807) is 6.20 Å². The van der Waals surface area contributed by atoms with Crippen LogP contribution in [-0.2, 0) is 13.0 Å². The topological polar surface area (TPSA) is 50.2 Å². The molecule has 1 aliphatic heterocycles. The van der Waals surface area contributed by atoms with Gasteiger partial charge in [-0.2, -0.15) is 5.10 Å². The molecule has 1 aliphatic rings. The van der Waals surface area contributed by atoms with Crippen LogP contribution in [0.1, 0.15) is 54.2 Å². The minimum atomic E-state index is -0.128. The normalized spacial score (nSPS) is 19.2. The lowest BCUT2D eigenvalue weighted by Crippen LogP contribution is -2.71. The minimum absolute atomic E-state index is 0.0249. The van der Waals surface area contributed by atoms with E-state index in [9.17, 15) is 4.79 Å². The van der Waals surface area contributed by atoms with Gasteiger partial charge in [-0.1, -0.05) is 34.6 Å². The molecule has 5 nitrogen and oxygen atoms in total. The van der Waals surface area contributed by atoms with Crippen molar-refractivity contribution in [3.8, 4) is 0 Å². The summed E-state index contributed by atoms with van der Waals surface area (Å²) < 4.78 is 2.01. The Morgan fingerprint density at radius 2 is 2.00 bits per heavy atom. The molecule has 22 heavy (non-hydrogen) atoms. The smallest absolute Gasteiger partial charge is 0.318 e. The van der Waals surface area contributed by atoms with Crippen LogP contribution in [0.5, 0.6) is 0 Å². The maximum absolute atomic E-state index is 12.6. The summed E-state index contributed by atoms with van der Waals surface area (Å²) in [6.45, 7) is 16.8. The molecule has 2 heterocycles. The van der Waals surface area contributed by atoms with Crippen molar-refractivity contribution in [2.24, 2.45) is 11.3 Å². The number of urea groups is 1. The third kappa shape index (κ3) is 2.73. The van der Waals surface area contributed by atoms with Gasteiger partial charge in [0.15, 0.2) is 0 Å². The number of nitrogens with zero attached hydrogens (tertiary/aromatic N) is 3. The second-order valence-corrected chi connectivity index (χ2v) is 7.89. The molecule has 1 N–H and O–H groups in total. The molecule has 2 rings (SSSR count). The van der Waals surface area contributed by atoms with Gasteiger partial charge in [0.05, 0.1) is 17.6 Å². The summed E-state index contributed by atoms with van der Waals surface area (Å²) in [5.74, 6) is 0.531. The second-order valence-electron chi connectivity index (χ2n) is 7.89. The molecule has 5 heteroatoms. The SMILES string of the molecule is CCc1c(NC(=O)N2CC(C)(C)C2(C)C)cnn1CC(C)C. The number of carbonyl (C=O) groups is 1. The predicted molar refractivity (Wildman–Crippen MR) is 90.0 cm³/mol. The van der Waals surface area contributed by atoms with Crippen LogP contribution in [0.25, 0.3) is 0 Å². The van der Waals surface area contributed by atoms with Gasteiger partial charge < -0.3 is 10.2 Å². The number of hydrogen-bond acceptors (Lipinski definition) is 2. The van der Waals surface area contributed by atoms with Crippen molar-refractivity contribution in [3.05, 3.63) is 11.9 Å². The second kappa shape index (κ2) is 5.60. The molecule has 1 aromatic rings. The number of nitrogens with one attached hydrogen (secondary N) is 1. The fourth-order valence-electron chi connectivity index (χ4n) is 2.96. The molecule has 0 bridgehead atoms. The molecular weight excluding hydrogens is 276 g/mol. The van der Waals surface area contributed by atoms with Crippen LogP contribution in [-0.4, -0.2) is 32.8 Å². The zero-order valence-corrected chi connectivity index (χ0v) is 15.0. The molecule has 124 valence electrons. The average molecular weight is 306 g/mol. The number of likely N-dealkylation sites (tertiary alicyclic amines) is 1. The highest BCUT2D eigenvalue weighted by Gasteiger charge is 2.54. The van der Waals surface area contributed by atoms with Gasteiger partial charge in [-0.3, -0.25) is 4.68 Å². The van der Waals surface area contributed by atoms with E-state index in [-0.39, 0.29) is 17.0 Å². The molecule has 2 amide bonds.